The van der Waals surface area contributed by atoms with E-state index < -0.39 is 104 Å². The first-order chi connectivity index (χ1) is 21.0. The first kappa shape index (κ1) is 40.1. The van der Waals surface area contributed by atoms with Gasteiger partial charge in [-0.1, -0.05) is 6.92 Å². The van der Waals surface area contributed by atoms with Crippen LogP contribution in [0.4, 0.5) is 0 Å². The number of carbonyl (C=O) groups is 9. The molecule has 0 aromatic carbocycles. The summed E-state index contributed by atoms with van der Waals surface area (Å²) in [6.07, 6.45) is -2.28. The van der Waals surface area contributed by atoms with E-state index in [-0.39, 0.29) is 38.6 Å². The Hall–Kier alpha value is -4.85. The number of hydrogen-bond acceptors (Lipinski definition) is 11. The van der Waals surface area contributed by atoms with Crippen LogP contribution in [0.25, 0.3) is 0 Å². The van der Waals surface area contributed by atoms with Gasteiger partial charge in [-0.25, -0.2) is 4.79 Å². The zero-order valence-electron chi connectivity index (χ0n) is 24.5. The molecule has 0 bridgehead atoms. The molecule has 3 unspecified atom stereocenters. The van der Waals surface area contributed by atoms with Gasteiger partial charge in [0.15, 0.2) is 6.17 Å². The fourth-order valence-electron chi connectivity index (χ4n) is 4.04. The van der Waals surface area contributed by atoms with Crippen molar-refractivity contribution >= 4 is 53.5 Å². The zero-order valence-corrected chi connectivity index (χ0v) is 24.5. The Morgan fingerprint density at radius 3 is 1.53 bits per heavy atom. The van der Waals surface area contributed by atoms with Gasteiger partial charge in [0.1, 0.15) is 12.1 Å². The minimum atomic E-state index is -2.02. The first-order valence-corrected chi connectivity index (χ1v) is 13.7. The van der Waals surface area contributed by atoms with Crippen molar-refractivity contribution in [3.63, 3.8) is 0 Å². The first-order valence-electron chi connectivity index (χ1n) is 13.7. The van der Waals surface area contributed by atoms with Gasteiger partial charge in [0.2, 0.25) is 17.7 Å². The molecule has 9 N–H and O–H groups in total. The number of carboxylic acid groups (broad SMARTS) is 6. The van der Waals surface area contributed by atoms with E-state index in [9.17, 15) is 53.4 Å². The van der Waals surface area contributed by atoms with Gasteiger partial charge in [0.05, 0.1) is 26.2 Å². The van der Waals surface area contributed by atoms with Crippen LogP contribution in [0.1, 0.15) is 51.9 Å². The number of nitrogens with zero attached hydrogens (tertiary/aromatic N) is 2. The van der Waals surface area contributed by atoms with Crippen molar-refractivity contribution in [3.8, 4) is 0 Å². The van der Waals surface area contributed by atoms with Crippen molar-refractivity contribution < 1.29 is 73.8 Å². The summed E-state index contributed by atoms with van der Waals surface area (Å²) in [5, 5.41) is 61.7. The Balaban J connectivity index is 5.32. The lowest BCUT2D eigenvalue weighted by atomic mass is 10.1. The van der Waals surface area contributed by atoms with Crippen molar-refractivity contribution in [3.05, 3.63) is 0 Å². The molecule has 0 spiro atoms. The second-order valence-electron chi connectivity index (χ2n) is 9.74. The van der Waals surface area contributed by atoms with Gasteiger partial charge >= 0.3 is 35.8 Å². The number of rotatable bonds is 25. The van der Waals surface area contributed by atoms with Gasteiger partial charge in [0, 0.05) is 19.4 Å². The van der Waals surface area contributed by atoms with Gasteiger partial charge in [-0.2, -0.15) is 0 Å². The molecular weight excluding hydrogens is 610 g/mol. The van der Waals surface area contributed by atoms with E-state index in [2.05, 4.69) is 10.6 Å². The van der Waals surface area contributed by atoms with Crippen molar-refractivity contribution in [1.82, 2.24) is 25.8 Å². The lowest BCUT2D eigenvalue weighted by molar-refractivity contribution is -0.154. The lowest BCUT2D eigenvalue weighted by Gasteiger charge is -2.26. The number of hydrogen-bond donors (Lipinski definition) is 9. The third-order valence-corrected chi connectivity index (χ3v) is 5.97. The minimum Gasteiger partial charge on any atom is -0.480 e. The largest absolute Gasteiger partial charge is 0.480 e. The van der Waals surface area contributed by atoms with Crippen LogP contribution in [0.2, 0.25) is 0 Å². The number of aliphatic carboxylic acids is 6. The van der Waals surface area contributed by atoms with Crippen molar-refractivity contribution in [2.45, 2.75) is 70.1 Å². The molecule has 3 atom stereocenters. The maximum atomic E-state index is 12.8. The summed E-state index contributed by atoms with van der Waals surface area (Å²) in [6.45, 7) is -2.03. The molecule has 0 aliphatic carbocycles. The summed E-state index contributed by atoms with van der Waals surface area (Å²) in [5.74, 6) is -11.4. The van der Waals surface area contributed by atoms with Gasteiger partial charge in [0.25, 0.3) is 0 Å². The molecular formula is C25H39N5O15. The van der Waals surface area contributed by atoms with Crippen LogP contribution in [-0.2, 0) is 43.2 Å². The number of unbranched alkanes of at least 4 members (excludes halogenated alkanes) is 1. The van der Waals surface area contributed by atoms with E-state index in [1.807, 2.05) is 5.32 Å². The molecule has 0 heterocycles. The van der Waals surface area contributed by atoms with Crippen LogP contribution in [-0.4, -0.2) is 145 Å². The third-order valence-electron chi connectivity index (χ3n) is 5.97. The fraction of sp³-hybridized carbons (Fsp3) is 0.640. The average Bonchev–Trinajstić information content (AvgIpc) is 2.89. The standard InChI is InChI=1S/C25H39N5O15/c1-2-5-16(31)27-14(7-8-17(32)28-22(25(44)45)30(12-20(37)38)13-21(39)40)23(41)26-9-4-3-6-15(24(42)43)29(10-18(33)34)11-19(35)36/h14-15,22H,2-13H2,1H3,(H,26,41)(H,27,31)(H,28,32)(H,33,34)(H,35,36)(H,37,38)(H,39,40)(H,42,43)(H,44,45). The normalized spacial score (nSPS) is 12.9. The van der Waals surface area contributed by atoms with E-state index in [1.165, 1.54) is 0 Å². The maximum Gasteiger partial charge on any atom is 0.341 e. The van der Waals surface area contributed by atoms with Crippen LogP contribution in [0, 0.1) is 0 Å². The van der Waals surface area contributed by atoms with Crippen LogP contribution < -0.4 is 16.0 Å². The van der Waals surface area contributed by atoms with Crippen LogP contribution >= 0.6 is 0 Å². The highest BCUT2D eigenvalue weighted by atomic mass is 16.4. The molecule has 0 aromatic heterocycles. The fourth-order valence-corrected chi connectivity index (χ4v) is 4.04. The summed E-state index contributed by atoms with van der Waals surface area (Å²) in [6, 6.07) is -2.70. The van der Waals surface area contributed by atoms with E-state index in [0.29, 0.717) is 11.3 Å². The van der Waals surface area contributed by atoms with Crippen LogP contribution in [0.15, 0.2) is 0 Å². The third kappa shape index (κ3) is 17.8. The second-order valence-corrected chi connectivity index (χ2v) is 9.74. The molecule has 254 valence electrons. The topological polar surface area (TPSA) is 318 Å². The molecule has 0 fully saturated rings. The smallest absolute Gasteiger partial charge is 0.341 e. The molecule has 0 aliphatic heterocycles. The highest BCUT2D eigenvalue weighted by Gasteiger charge is 2.32. The predicted molar refractivity (Wildman–Crippen MR) is 148 cm³/mol. The quantitative estimate of drug-likeness (QED) is 0.0358. The van der Waals surface area contributed by atoms with E-state index >= 15 is 0 Å². The molecule has 20 nitrogen and oxygen atoms in total. The Morgan fingerprint density at radius 2 is 1.09 bits per heavy atom. The van der Waals surface area contributed by atoms with Gasteiger partial charge < -0.3 is 46.6 Å². The Kier molecular flexibility index (Phi) is 18.7. The Bertz CT molecular complexity index is 1070. The Morgan fingerprint density at radius 1 is 0.600 bits per heavy atom. The van der Waals surface area contributed by atoms with Gasteiger partial charge in [-0.15, -0.1) is 0 Å². The zero-order chi connectivity index (χ0) is 34.7. The lowest BCUT2D eigenvalue weighted by Crippen LogP contribution is -2.56. The van der Waals surface area contributed by atoms with E-state index in [1.54, 1.807) is 6.92 Å². The summed E-state index contributed by atoms with van der Waals surface area (Å²) in [7, 11) is 0. The SMILES string of the molecule is CCCC(=O)NC(CCC(=O)NC(C(=O)O)N(CC(=O)O)CC(=O)O)C(=O)NCCCCC(C(=O)O)N(CC(=O)O)CC(=O)O. The maximum absolute atomic E-state index is 12.8. The average molecular weight is 650 g/mol. The van der Waals surface area contributed by atoms with Crippen LogP contribution in [0.3, 0.4) is 0 Å². The molecule has 45 heavy (non-hydrogen) atoms. The van der Waals surface area contributed by atoms with Gasteiger partial charge in [-0.05, 0) is 32.1 Å². The van der Waals surface area contributed by atoms with Gasteiger partial charge in [-0.3, -0.25) is 48.2 Å². The number of nitrogens with one attached hydrogen (secondary N) is 3. The highest BCUT2D eigenvalue weighted by molar-refractivity contribution is 5.89. The summed E-state index contributed by atoms with van der Waals surface area (Å²) in [4.78, 5) is 106. The van der Waals surface area contributed by atoms with E-state index in [4.69, 9.17) is 20.4 Å². The summed E-state index contributed by atoms with van der Waals surface area (Å²) >= 11 is 0. The number of carbonyl (C=O) groups excluding carboxylic acids is 3. The molecule has 3 amide bonds. The monoisotopic (exact) mass is 649 g/mol. The molecule has 0 aliphatic rings. The second kappa shape index (κ2) is 21.0. The molecule has 0 aromatic rings. The molecule has 0 saturated carbocycles. The molecule has 0 saturated heterocycles. The predicted octanol–water partition coefficient (Wildman–Crippen LogP) is -2.74. The van der Waals surface area contributed by atoms with E-state index in [0.717, 1.165) is 4.90 Å². The highest BCUT2D eigenvalue weighted by Crippen LogP contribution is 2.10. The summed E-state index contributed by atoms with van der Waals surface area (Å²) in [5.41, 5.74) is 0. The minimum absolute atomic E-state index is 0.0379. The Labute approximate surface area is 256 Å². The van der Waals surface area contributed by atoms with Crippen molar-refractivity contribution in [1.29, 1.82) is 0 Å². The van der Waals surface area contributed by atoms with Crippen molar-refractivity contribution in [2.24, 2.45) is 0 Å². The molecule has 0 radical (unpaired) electrons. The van der Waals surface area contributed by atoms with Crippen LogP contribution in [0.5, 0.6) is 0 Å². The summed E-state index contributed by atoms with van der Waals surface area (Å²) < 4.78 is 0. The van der Waals surface area contributed by atoms with Crippen molar-refractivity contribution in [2.75, 3.05) is 32.7 Å². The number of amides is 3. The molecule has 20 heteroatoms. The number of carboxylic acids is 6. The molecule has 0 rings (SSSR count).